The van der Waals surface area contributed by atoms with Crippen LogP contribution in [0.25, 0.3) is 66.6 Å². The standard InChI is InChI=1S/C56H46N4O8/c1-5-65-53(61)49-41-29-38-46(34-23-15-10-16-24-34)51(55(63)67-7-3)43(58-38)31-40-48(36-27-19-12-20-28-36)52(56(64)68-8-4)44(60-40)32-39-47(35-25-17-11-18-26-35)50(54(62)66-6-2)42(59-39)30-37(57-41)45(49)33-21-13-9-14-22-33/h9-32,57,60H,5-8H2,1-4H3. The SMILES string of the molecule is CCOC(=O)C1=C(c2ccccc2)c2cc3[nH]c(cc4nc(cc5[nH]c(cc1n2)c(-c1ccccc1)c5C(=O)OCC)C(c1ccccc1)=C4C(=O)OCC)c(-c1ccccc1)c3C(=O)OCC. The average molecular weight is 903 g/mol. The van der Waals surface area contributed by atoms with E-state index in [2.05, 4.69) is 9.97 Å². The van der Waals surface area contributed by atoms with Crippen molar-refractivity contribution < 1.29 is 38.1 Å². The van der Waals surface area contributed by atoms with Gasteiger partial charge in [-0.3, -0.25) is 0 Å². The van der Waals surface area contributed by atoms with Gasteiger partial charge < -0.3 is 28.9 Å². The Morgan fingerprint density at radius 1 is 0.382 bits per heavy atom. The topological polar surface area (TPSA) is 163 Å². The Morgan fingerprint density at radius 2 is 0.676 bits per heavy atom. The molecule has 0 fully saturated rings. The molecule has 12 nitrogen and oxygen atoms in total. The minimum Gasteiger partial charge on any atom is -0.462 e. The third-order valence-corrected chi connectivity index (χ3v) is 11.4. The predicted octanol–water partition coefficient (Wildman–Crippen LogP) is 11.0. The van der Waals surface area contributed by atoms with Crippen molar-refractivity contribution in [2.45, 2.75) is 27.7 Å². The molecule has 3 aromatic heterocycles. The van der Waals surface area contributed by atoms with Gasteiger partial charge in [-0.25, -0.2) is 29.1 Å². The Kier molecular flexibility index (Phi) is 12.7. The van der Waals surface area contributed by atoms with E-state index in [-0.39, 0.29) is 60.1 Å². The average Bonchev–Trinajstić information content (AvgIpc) is 4.10. The third-order valence-electron chi connectivity index (χ3n) is 11.4. The maximum absolute atomic E-state index is 14.5. The molecule has 338 valence electrons. The molecule has 0 unspecified atom stereocenters. The number of aromatic nitrogens is 4. The number of esters is 4. The number of aromatic amines is 2. The maximum atomic E-state index is 14.5. The van der Waals surface area contributed by atoms with E-state index in [0.717, 1.165) is 0 Å². The van der Waals surface area contributed by atoms with Gasteiger partial charge in [-0.05, 0) is 74.2 Å². The molecule has 0 saturated heterocycles. The fraction of sp³-hybridized carbons (Fsp3) is 0.143. The zero-order chi connectivity index (χ0) is 47.3. The molecule has 9 rings (SSSR count). The van der Waals surface area contributed by atoms with Gasteiger partial charge in [0.1, 0.15) is 0 Å². The maximum Gasteiger partial charge on any atom is 0.341 e. The zero-order valence-corrected chi connectivity index (χ0v) is 37.8. The summed E-state index contributed by atoms with van der Waals surface area (Å²) in [5, 5.41) is 0. The van der Waals surface area contributed by atoms with Crippen LogP contribution in [0.3, 0.4) is 0 Å². The molecule has 7 aromatic rings. The van der Waals surface area contributed by atoms with Gasteiger partial charge in [-0.2, -0.15) is 0 Å². The fourth-order valence-electron chi connectivity index (χ4n) is 8.73. The summed E-state index contributed by atoms with van der Waals surface area (Å²) in [6.45, 7) is 7.25. The Balaban J connectivity index is 1.56. The second-order valence-corrected chi connectivity index (χ2v) is 15.6. The molecule has 0 atom stereocenters. The number of fused-ring (bicyclic) bond motifs is 8. The lowest BCUT2D eigenvalue weighted by molar-refractivity contribution is -0.136. The molecular formula is C56H46N4O8. The van der Waals surface area contributed by atoms with E-state index < -0.39 is 23.9 Å². The molecular weight excluding hydrogens is 857 g/mol. The Hall–Kier alpha value is -8.64. The lowest BCUT2D eigenvalue weighted by atomic mass is 9.95. The first kappa shape index (κ1) is 44.6. The van der Waals surface area contributed by atoms with E-state index in [1.54, 1.807) is 52.0 Å². The second kappa shape index (κ2) is 19.4. The van der Waals surface area contributed by atoms with Crippen LogP contribution < -0.4 is 0 Å². The summed E-state index contributed by atoms with van der Waals surface area (Å²) in [6.07, 6.45) is 0. The number of H-pyrrole nitrogens is 2. The zero-order valence-electron chi connectivity index (χ0n) is 37.8. The monoisotopic (exact) mass is 902 g/mol. The summed E-state index contributed by atoms with van der Waals surface area (Å²) in [7, 11) is 0. The van der Waals surface area contributed by atoms with Gasteiger partial charge in [0.25, 0.3) is 0 Å². The van der Waals surface area contributed by atoms with E-state index in [9.17, 15) is 19.2 Å². The van der Waals surface area contributed by atoms with Crippen molar-refractivity contribution >= 4 is 68.2 Å². The van der Waals surface area contributed by atoms with E-state index in [1.807, 2.05) is 121 Å². The molecule has 8 bridgehead atoms. The highest BCUT2D eigenvalue weighted by Gasteiger charge is 2.33. The number of hydrogen-bond donors (Lipinski definition) is 2. The highest BCUT2D eigenvalue weighted by molar-refractivity contribution is 6.29. The molecule has 0 amide bonds. The number of hydrogen-bond acceptors (Lipinski definition) is 10. The lowest BCUT2D eigenvalue weighted by Gasteiger charge is -2.09. The van der Waals surface area contributed by atoms with E-state index in [0.29, 0.717) is 78.0 Å². The second-order valence-electron chi connectivity index (χ2n) is 15.6. The molecule has 2 aliphatic heterocycles. The minimum atomic E-state index is -0.629. The number of carbonyl (C=O) groups excluding carboxylic acids is 4. The van der Waals surface area contributed by atoms with Crippen LogP contribution in [-0.4, -0.2) is 70.2 Å². The first-order valence-electron chi connectivity index (χ1n) is 22.5. The number of benzene rings is 4. The quantitative estimate of drug-likeness (QED) is 0.0891. The minimum absolute atomic E-state index is 0.0792. The lowest BCUT2D eigenvalue weighted by Crippen LogP contribution is -2.07. The number of nitrogens with zero attached hydrogens (tertiary/aromatic N) is 2. The van der Waals surface area contributed by atoms with Crippen LogP contribution in [0.2, 0.25) is 0 Å². The van der Waals surface area contributed by atoms with Gasteiger partial charge in [0.05, 0.1) is 82.5 Å². The molecule has 0 saturated carbocycles. The predicted molar refractivity (Wildman–Crippen MR) is 262 cm³/mol. The Bertz CT molecular complexity index is 3110. The molecule has 68 heavy (non-hydrogen) atoms. The van der Waals surface area contributed by atoms with Crippen molar-refractivity contribution in [1.29, 1.82) is 0 Å². The van der Waals surface area contributed by atoms with Crippen LogP contribution in [0.5, 0.6) is 0 Å². The van der Waals surface area contributed by atoms with Crippen molar-refractivity contribution in [2.24, 2.45) is 0 Å². The molecule has 0 aliphatic carbocycles. The Labute approximate surface area is 392 Å². The largest absolute Gasteiger partial charge is 0.462 e. The van der Waals surface area contributed by atoms with Gasteiger partial charge in [0.15, 0.2) is 0 Å². The van der Waals surface area contributed by atoms with Gasteiger partial charge >= 0.3 is 23.9 Å². The molecule has 0 radical (unpaired) electrons. The van der Waals surface area contributed by atoms with Crippen molar-refractivity contribution in [1.82, 2.24) is 19.9 Å². The van der Waals surface area contributed by atoms with Crippen LogP contribution in [0.15, 0.2) is 146 Å². The van der Waals surface area contributed by atoms with E-state index in [1.165, 1.54) is 0 Å². The van der Waals surface area contributed by atoms with Crippen LogP contribution in [0.4, 0.5) is 0 Å². The Morgan fingerprint density at radius 3 is 1.00 bits per heavy atom. The highest BCUT2D eigenvalue weighted by atomic mass is 16.5. The smallest absolute Gasteiger partial charge is 0.341 e. The highest BCUT2D eigenvalue weighted by Crippen LogP contribution is 2.42. The first-order chi connectivity index (χ1) is 33.2. The summed E-state index contributed by atoms with van der Waals surface area (Å²) in [4.78, 5) is 75.2. The van der Waals surface area contributed by atoms with Gasteiger partial charge in [0, 0.05) is 33.3 Å². The third kappa shape index (κ3) is 8.39. The number of ether oxygens (including phenoxy) is 4. The fourth-order valence-corrected chi connectivity index (χ4v) is 8.73. The van der Waals surface area contributed by atoms with Crippen molar-refractivity contribution in [3.63, 3.8) is 0 Å². The van der Waals surface area contributed by atoms with E-state index >= 15 is 0 Å². The normalized spacial score (nSPS) is 12.2. The molecule has 2 aliphatic rings. The number of nitrogens with one attached hydrogen (secondary N) is 2. The van der Waals surface area contributed by atoms with Crippen LogP contribution >= 0.6 is 0 Å². The van der Waals surface area contributed by atoms with E-state index in [4.69, 9.17) is 28.9 Å². The van der Waals surface area contributed by atoms with Crippen LogP contribution in [0.1, 0.15) is 82.3 Å². The summed E-state index contributed by atoms with van der Waals surface area (Å²) in [5.41, 5.74) is 7.75. The summed E-state index contributed by atoms with van der Waals surface area (Å²) >= 11 is 0. The van der Waals surface area contributed by atoms with Gasteiger partial charge in [-0.1, -0.05) is 121 Å². The summed E-state index contributed by atoms with van der Waals surface area (Å²) < 4.78 is 23.1. The van der Waals surface area contributed by atoms with Crippen molar-refractivity contribution in [2.75, 3.05) is 26.4 Å². The molecule has 12 heteroatoms. The summed E-state index contributed by atoms with van der Waals surface area (Å²) in [6, 6.07) is 44.2. The van der Waals surface area contributed by atoms with Crippen molar-refractivity contribution in [3.05, 3.63) is 191 Å². The van der Waals surface area contributed by atoms with Crippen LogP contribution in [0, 0.1) is 0 Å². The van der Waals surface area contributed by atoms with Crippen LogP contribution in [-0.2, 0) is 28.5 Å². The molecule has 4 aromatic carbocycles. The molecule has 5 heterocycles. The van der Waals surface area contributed by atoms with Crippen molar-refractivity contribution in [3.8, 4) is 22.3 Å². The van der Waals surface area contributed by atoms with Gasteiger partial charge in [-0.15, -0.1) is 0 Å². The number of rotatable bonds is 12. The molecule has 0 spiro atoms. The van der Waals surface area contributed by atoms with Gasteiger partial charge in [0.2, 0.25) is 0 Å². The summed E-state index contributed by atoms with van der Waals surface area (Å²) in [5.74, 6) is -2.49. The first-order valence-corrected chi connectivity index (χ1v) is 22.5. The number of carbonyl (C=O) groups is 4. The molecule has 2 N–H and O–H groups in total.